The molecule has 0 bridgehead atoms. The van der Waals surface area contributed by atoms with Crippen molar-refractivity contribution in [2.75, 3.05) is 25.0 Å². The number of rotatable bonds is 5. The van der Waals surface area contributed by atoms with Crippen molar-refractivity contribution in [3.8, 4) is 11.3 Å². The van der Waals surface area contributed by atoms with Crippen molar-refractivity contribution >= 4 is 5.82 Å². The van der Waals surface area contributed by atoms with Crippen LogP contribution in [0.2, 0.25) is 0 Å². The van der Waals surface area contributed by atoms with Crippen LogP contribution in [0.4, 0.5) is 27.8 Å². The molecule has 1 unspecified atom stereocenters. The highest BCUT2D eigenvalue weighted by molar-refractivity contribution is 5.60. The molecule has 3 fully saturated rings. The largest absolute Gasteiger partial charge is 0.366 e. The number of fused-ring (bicyclic) bond motifs is 1. The topological polar surface area (TPSA) is 41.0 Å². The summed E-state index contributed by atoms with van der Waals surface area (Å²) in [5.41, 5.74) is -0.210. The van der Waals surface area contributed by atoms with Gasteiger partial charge in [-0.15, -0.1) is 10.2 Å². The Bertz CT molecular complexity index is 945. The monoisotopic (exact) mass is 438 g/mol. The molecule has 2 saturated carbocycles. The first-order valence-electron chi connectivity index (χ1n) is 10.6. The molecule has 31 heavy (non-hydrogen) atoms. The van der Waals surface area contributed by atoms with Crippen LogP contribution in [0.5, 0.6) is 0 Å². The molecule has 0 spiro atoms. The van der Waals surface area contributed by atoms with E-state index >= 15 is 0 Å². The van der Waals surface area contributed by atoms with Crippen LogP contribution in [-0.2, 0) is 0 Å². The van der Waals surface area contributed by atoms with E-state index in [-0.39, 0.29) is 36.1 Å². The highest BCUT2D eigenvalue weighted by Crippen LogP contribution is 2.45. The number of aromatic nitrogens is 2. The van der Waals surface area contributed by atoms with Crippen molar-refractivity contribution in [3.05, 3.63) is 41.7 Å². The summed E-state index contributed by atoms with van der Waals surface area (Å²) in [6.45, 7) is 2.66. The maximum absolute atomic E-state index is 13.9. The van der Waals surface area contributed by atoms with E-state index in [0.717, 1.165) is 38.5 Å². The van der Waals surface area contributed by atoms with Gasteiger partial charge in [-0.2, -0.15) is 0 Å². The summed E-state index contributed by atoms with van der Waals surface area (Å²) in [4.78, 5) is 2.33. The van der Waals surface area contributed by atoms with Gasteiger partial charge < -0.3 is 10.2 Å². The fourth-order valence-electron chi connectivity index (χ4n) is 5.45. The Hall–Kier alpha value is -2.29. The van der Waals surface area contributed by atoms with E-state index in [1.165, 1.54) is 6.07 Å². The summed E-state index contributed by atoms with van der Waals surface area (Å²) in [5.74, 6) is -4.04. The molecule has 1 aromatic heterocycles. The minimum Gasteiger partial charge on any atom is -0.366 e. The summed E-state index contributed by atoms with van der Waals surface area (Å²) in [6.07, 6.45) is 1.97. The Kier molecular flexibility index (Phi) is 5.11. The van der Waals surface area contributed by atoms with Crippen LogP contribution in [0.25, 0.3) is 11.3 Å². The maximum Gasteiger partial charge on any atom is 0.248 e. The van der Waals surface area contributed by atoms with Crippen LogP contribution in [-0.4, -0.2) is 46.7 Å². The summed E-state index contributed by atoms with van der Waals surface area (Å²) >= 11 is 0. The van der Waals surface area contributed by atoms with Crippen LogP contribution >= 0.6 is 0 Å². The van der Waals surface area contributed by atoms with Crippen molar-refractivity contribution in [2.45, 2.75) is 37.6 Å². The van der Waals surface area contributed by atoms with E-state index < -0.39 is 23.4 Å². The third kappa shape index (κ3) is 4.24. The van der Waals surface area contributed by atoms with Crippen LogP contribution in [0, 0.1) is 35.2 Å². The van der Waals surface area contributed by atoms with Crippen molar-refractivity contribution in [1.29, 1.82) is 0 Å². The summed E-state index contributed by atoms with van der Waals surface area (Å²) in [5, 5.41) is 11.3. The molecule has 1 aliphatic heterocycles. The molecule has 2 heterocycles. The van der Waals surface area contributed by atoms with Gasteiger partial charge in [-0.1, -0.05) is 0 Å². The second-order valence-corrected chi connectivity index (χ2v) is 9.23. The van der Waals surface area contributed by atoms with Crippen LogP contribution < -0.4 is 5.32 Å². The molecule has 4 nitrogen and oxygen atoms in total. The van der Waals surface area contributed by atoms with Gasteiger partial charge in [-0.25, -0.2) is 22.0 Å². The van der Waals surface area contributed by atoms with E-state index in [1.807, 2.05) is 0 Å². The second kappa shape index (κ2) is 7.69. The molecule has 3 atom stereocenters. The number of likely N-dealkylation sites (tertiary alicyclic amines) is 1. The second-order valence-electron chi connectivity index (χ2n) is 9.23. The quantitative estimate of drug-likeness (QED) is 0.542. The van der Waals surface area contributed by atoms with Gasteiger partial charge in [0.2, 0.25) is 5.92 Å². The smallest absolute Gasteiger partial charge is 0.248 e. The number of halogens is 5. The fraction of sp³-hybridized carbons (Fsp3) is 0.545. The Morgan fingerprint density at radius 3 is 2.32 bits per heavy atom. The lowest BCUT2D eigenvalue weighted by molar-refractivity contribution is -0.115. The minimum absolute atomic E-state index is 0.0177. The Labute approximate surface area is 176 Å². The van der Waals surface area contributed by atoms with E-state index in [4.69, 9.17) is 0 Å². The molecule has 0 radical (unpaired) electrons. The zero-order valence-electron chi connectivity index (χ0n) is 16.8. The van der Waals surface area contributed by atoms with E-state index in [0.29, 0.717) is 23.7 Å². The molecule has 1 aromatic carbocycles. The Balaban J connectivity index is 1.15. The minimum atomic E-state index is -2.46. The summed E-state index contributed by atoms with van der Waals surface area (Å²) < 4.78 is 66.8. The first-order chi connectivity index (χ1) is 14.8. The normalized spacial score (nSPS) is 27.8. The average molecular weight is 438 g/mol. The molecule has 1 saturated heterocycles. The van der Waals surface area contributed by atoms with E-state index in [1.54, 1.807) is 6.07 Å². The predicted octanol–water partition coefficient (Wildman–Crippen LogP) is 4.73. The maximum atomic E-state index is 13.9. The molecule has 166 valence electrons. The molecule has 5 rings (SSSR count). The number of alkyl halides is 2. The number of anilines is 1. The molecule has 3 aliphatic rings. The van der Waals surface area contributed by atoms with Gasteiger partial charge in [0.1, 0.15) is 11.6 Å². The summed E-state index contributed by atoms with van der Waals surface area (Å²) in [6, 6.07) is 4.72. The first kappa shape index (κ1) is 20.6. The predicted molar refractivity (Wildman–Crippen MR) is 105 cm³/mol. The van der Waals surface area contributed by atoms with Gasteiger partial charge in [0, 0.05) is 50.1 Å². The zero-order valence-corrected chi connectivity index (χ0v) is 16.8. The molecule has 1 N–H and O–H groups in total. The molecule has 2 aromatic rings. The third-order valence-electron chi connectivity index (χ3n) is 6.80. The van der Waals surface area contributed by atoms with E-state index in [2.05, 4.69) is 20.4 Å². The number of nitrogens with one attached hydrogen (secondary N) is 1. The highest BCUT2D eigenvalue weighted by atomic mass is 19.3. The lowest BCUT2D eigenvalue weighted by Crippen LogP contribution is -2.42. The van der Waals surface area contributed by atoms with Gasteiger partial charge in [0.05, 0.1) is 5.69 Å². The van der Waals surface area contributed by atoms with Crippen molar-refractivity contribution in [2.24, 2.45) is 17.8 Å². The van der Waals surface area contributed by atoms with E-state index in [9.17, 15) is 22.0 Å². The Morgan fingerprint density at radius 1 is 1.00 bits per heavy atom. The fourth-order valence-corrected chi connectivity index (χ4v) is 5.45. The van der Waals surface area contributed by atoms with Gasteiger partial charge in [-0.3, -0.25) is 0 Å². The lowest BCUT2D eigenvalue weighted by atomic mass is 9.81. The van der Waals surface area contributed by atoms with Crippen LogP contribution in [0.3, 0.4) is 0 Å². The van der Waals surface area contributed by atoms with Gasteiger partial charge in [0.25, 0.3) is 0 Å². The highest BCUT2D eigenvalue weighted by Gasteiger charge is 2.47. The van der Waals surface area contributed by atoms with Crippen molar-refractivity contribution in [1.82, 2.24) is 15.1 Å². The van der Waals surface area contributed by atoms with Gasteiger partial charge >= 0.3 is 0 Å². The van der Waals surface area contributed by atoms with Gasteiger partial charge in [0.15, 0.2) is 11.6 Å². The standard InChI is InChI=1S/C22H23F5N4/c23-15-5-17(21(25)18(24)6-15)19-1-2-20(30-29-19)28-16-3-13-10-31(11-14(13)4-16)9-12-7-22(26,27)8-12/h1-2,5-6,12-14,16H,3-4,7-11H2,(H,28,30)/t13-,14+,16?. The first-order valence-corrected chi connectivity index (χ1v) is 10.6. The number of hydrogen-bond acceptors (Lipinski definition) is 4. The van der Waals surface area contributed by atoms with Crippen LogP contribution in [0.15, 0.2) is 24.3 Å². The molecule has 0 amide bonds. The summed E-state index contributed by atoms with van der Waals surface area (Å²) in [7, 11) is 0. The zero-order chi connectivity index (χ0) is 21.8. The van der Waals surface area contributed by atoms with Crippen molar-refractivity contribution < 1.29 is 22.0 Å². The number of benzene rings is 1. The average Bonchev–Trinajstić information content (AvgIpc) is 3.22. The molecular weight excluding hydrogens is 415 g/mol. The lowest BCUT2D eigenvalue weighted by Gasteiger charge is -2.37. The van der Waals surface area contributed by atoms with Gasteiger partial charge in [-0.05, 0) is 48.8 Å². The number of nitrogens with zero attached hydrogens (tertiary/aromatic N) is 3. The number of hydrogen-bond donors (Lipinski definition) is 1. The van der Waals surface area contributed by atoms with Crippen molar-refractivity contribution in [3.63, 3.8) is 0 Å². The SMILES string of the molecule is Fc1cc(F)c(F)c(-c2ccc(NC3C[C@@H]4CN(CC5CC(F)(F)C5)C[C@@H]4C3)nn2)c1. The third-order valence-corrected chi connectivity index (χ3v) is 6.80. The molecule has 2 aliphatic carbocycles. The molecular formula is C22H23F5N4. The Morgan fingerprint density at radius 2 is 1.71 bits per heavy atom. The molecule has 9 heteroatoms. The van der Waals surface area contributed by atoms with Crippen LogP contribution in [0.1, 0.15) is 25.7 Å².